The first-order chi connectivity index (χ1) is 17.5. The van der Waals surface area contributed by atoms with Crippen molar-refractivity contribution in [3.63, 3.8) is 0 Å². The third-order valence-electron chi connectivity index (χ3n) is 7.03. The minimum absolute atomic E-state index is 0.0857. The molecule has 1 fully saturated rings. The number of carbonyl (C=O) groups is 2. The highest BCUT2D eigenvalue weighted by atomic mass is 16.5. The van der Waals surface area contributed by atoms with E-state index >= 15 is 0 Å². The molecule has 1 unspecified atom stereocenters. The Labute approximate surface area is 214 Å². The number of amides is 1. The number of hydrogen-bond donors (Lipinski definition) is 1. The highest BCUT2D eigenvalue weighted by Gasteiger charge is 2.22. The van der Waals surface area contributed by atoms with Crippen LogP contribution in [0.25, 0.3) is 0 Å². The number of likely N-dealkylation sites (N-methyl/N-ethyl adjacent to an activating group) is 1. The van der Waals surface area contributed by atoms with Gasteiger partial charge >= 0.3 is 5.97 Å². The number of anilines is 1. The summed E-state index contributed by atoms with van der Waals surface area (Å²) < 4.78 is 5.33. The van der Waals surface area contributed by atoms with E-state index in [0.717, 1.165) is 69.5 Å². The fourth-order valence-electron chi connectivity index (χ4n) is 4.69. The molecule has 1 aliphatic heterocycles. The predicted octanol–water partition coefficient (Wildman–Crippen LogP) is 4.36. The number of nitrogens with one attached hydrogen (secondary N) is 1. The fourth-order valence-corrected chi connectivity index (χ4v) is 4.69. The minimum atomic E-state index is -0.124. The third kappa shape index (κ3) is 7.40. The van der Waals surface area contributed by atoms with Crippen LogP contribution in [-0.2, 0) is 22.4 Å². The molecule has 0 saturated carbocycles. The molecule has 1 atom stereocenters. The zero-order valence-corrected chi connectivity index (χ0v) is 21.5. The van der Waals surface area contributed by atoms with Crippen LogP contribution in [0.4, 0.5) is 5.69 Å². The summed E-state index contributed by atoms with van der Waals surface area (Å²) >= 11 is 0. The van der Waals surface area contributed by atoms with Crippen LogP contribution in [-0.4, -0.2) is 67.8 Å². The van der Waals surface area contributed by atoms with Gasteiger partial charge in [-0.05, 0) is 79.6 Å². The second-order valence-electron chi connectivity index (χ2n) is 9.95. The summed E-state index contributed by atoms with van der Waals surface area (Å²) in [6, 6.07) is 13.6. The standard InChI is InChI=1S/C29H38N4O3/c1-3-4-17-36-28(34)19-23-7-10-26-20-27(12-11-25(26)18-23)31-29(35)24-8-5-22(6-9-24)21-30-33-15-13-32(2)14-16-33/h5-6,8-9,11-12,20-21,23H,3-4,7,10,13-19H2,1-2H3,(H,31,35)/b30-21+. The van der Waals surface area contributed by atoms with Gasteiger partial charge < -0.3 is 15.0 Å². The highest BCUT2D eigenvalue weighted by molar-refractivity contribution is 6.04. The largest absolute Gasteiger partial charge is 0.466 e. The predicted molar refractivity (Wildman–Crippen MR) is 144 cm³/mol. The molecule has 36 heavy (non-hydrogen) atoms. The molecule has 1 amide bonds. The summed E-state index contributed by atoms with van der Waals surface area (Å²) in [5, 5.41) is 9.67. The number of rotatable bonds is 9. The molecule has 1 saturated heterocycles. The van der Waals surface area contributed by atoms with Crippen molar-refractivity contribution in [2.45, 2.75) is 45.4 Å². The average molecular weight is 491 g/mol. The molecule has 2 aromatic carbocycles. The normalized spacial score (nSPS) is 18.2. The van der Waals surface area contributed by atoms with Crippen LogP contribution in [0, 0.1) is 5.92 Å². The number of aryl methyl sites for hydroxylation is 1. The Hall–Kier alpha value is -3.19. The van der Waals surface area contributed by atoms with Gasteiger partial charge in [0.2, 0.25) is 0 Å². The summed E-state index contributed by atoms with van der Waals surface area (Å²) in [4.78, 5) is 27.2. The van der Waals surface area contributed by atoms with E-state index in [0.29, 0.717) is 24.5 Å². The SMILES string of the molecule is CCCCOC(=O)CC1CCc2cc(NC(=O)c3ccc(/C=N/N4CCN(C)CC4)cc3)ccc2C1. The molecule has 0 bridgehead atoms. The zero-order chi connectivity index (χ0) is 25.3. The number of piperazine rings is 1. The lowest BCUT2D eigenvalue weighted by molar-refractivity contribution is -0.145. The second-order valence-corrected chi connectivity index (χ2v) is 9.95. The Balaban J connectivity index is 1.28. The molecule has 2 aromatic rings. The molecule has 7 nitrogen and oxygen atoms in total. The van der Waals surface area contributed by atoms with Crippen LogP contribution >= 0.6 is 0 Å². The Morgan fingerprint density at radius 3 is 2.61 bits per heavy atom. The van der Waals surface area contributed by atoms with Crippen molar-refractivity contribution in [3.8, 4) is 0 Å². The Bertz CT molecular complexity index is 1060. The van der Waals surface area contributed by atoms with Crippen LogP contribution < -0.4 is 5.32 Å². The molecule has 1 heterocycles. The molecule has 4 rings (SSSR count). The topological polar surface area (TPSA) is 74.2 Å². The van der Waals surface area contributed by atoms with E-state index in [2.05, 4.69) is 46.4 Å². The smallest absolute Gasteiger partial charge is 0.306 e. The van der Waals surface area contributed by atoms with Gasteiger partial charge in [0, 0.05) is 43.9 Å². The number of ether oxygens (including phenoxy) is 1. The van der Waals surface area contributed by atoms with Crippen molar-refractivity contribution in [2.75, 3.05) is 45.2 Å². The number of esters is 1. The number of benzene rings is 2. The summed E-state index contributed by atoms with van der Waals surface area (Å²) in [7, 11) is 2.13. The number of hydrazone groups is 1. The Kier molecular flexibility index (Phi) is 9.11. The molecule has 0 spiro atoms. The molecular weight excluding hydrogens is 452 g/mol. The number of fused-ring (bicyclic) bond motifs is 1. The third-order valence-corrected chi connectivity index (χ3v) is 7.03. The van der Waals surface area contributed by atoms with Crippen molar-refractivity contribution >= 4 is 23.8 Å². The van der Waals surface area contributed by atoms with Gasteiger partial charge in [-0.2, -0.15) is 5.10 Å². The van der Waals surface area contributed by atoms with E-state index in [1.165, 1.54) is 11.1 Å². The van der Waals surface area contributed by atoms with Crippen LogP contribution in [0.1, 0.15) is 59.7 Å². The summed E-state index contributed by atoms with van der Waals surface area (Å²) in [5.74, 6) is 0.115. The molecule has 1 N–H and O–H groups in total. The molecule has 2 aliphatic rings. The van der Waals surface area contributed by atoms with Gasteiger partial charge in [-0.1, -0.05) is 31.5 Å². The van der Waals surface area contributed by atoms with E-state index in [1.807, 2.05) is 36.5 Å². The lowest BCUT2D eigenvalue weighted by Crippen LogP contribution is -2.41. The number of carbonyl (C=O) groups excluding carboxylic acids is 2. The summed E-state index contributed by atoms with van der Waals surface area (Å²) in [6.07, 6.45) is 7.04. The van der Waals surface area contributed by atoms with Gasteiger partial charge in [-0.15, -0.1) is 0 Å². The van der Waals surface area contributed by atoms with E-state index in [4.69, 9.17) is 4.74 Å². The first kappa shape index (κ1) is 25.9. The van der Waals surface area contributed by atoms with Gasteiger partial charge in [0.25, 0.3) is 5.91 Å². The maximum absolute atomic E-state index is 12.8. The average Bonchev–Trinajstić information content (AvgIpc) is 2.89. The molecule has 192 valence electrons. The van der Waals surface area contributed by atoms with Crippen molar-refractivity contribution in [1.82, 2.24) is 9.91 Å². The fraction of sp³-hybridized carbons (Fsp3) is 0.483. The molecular formula is C29H38N4O3. The van der Waals surface area contributed by atoms with E-state index in [1.54, 1.807) is 0 Å². The van der Waals surface area contributed by atoms with Crippen molar-refractivity contribution in [1.29, 1.82) is 0 Å². The number of unbranched alkanes of at least 4 members (excludes halogenated alkanes) is 1. The van der Waals surface area contributed by atoms with Gasteiger partial charge in [0.15, 0.2) is 0 Å². The second kappa shape index (κ2) is 12.7. The number of hydrogen-bond acceptors (Lipinski definition) is 6. The summed E-state index contributed by atoms with van der Waals surface area (Å²) in [6.45, 7) is 6.52. The van der Waals surface area contributed by atoms with Crippen molar-refractivity contribution < 1.29 is 14.3 Å². The van der Waals surface area contributed by atoms with Crippen molar-refractivity contribution in [3.05, 3.63) is 64.7 Å². The van der Waals surface area contributed by atoms with Gasteiger partial charge in [-0.3, -0.25) is 14.6 Å². The lowest BCUT2D eigenvalue weighted by Gasteiger charge is -2.30. The summed E-state index contributed by atoms with van der Waals surface area (Å²) in [5.41, 5.74) is 4.90. The molecule has 0 aromatic heterocycles. The molecule has 0 radical (unpaired) electrons. The van der Waals surface area contributed by atoms with E-state index < -0.39 is 0 Å². The van der Waals surface area contributed by atoms with E-state index in [-0.39, 0.29) is 11.9 Å². The maximum atomic E-state index is 12.8. The van der Waals surface area contributed by atoms with Crippen LogP contribution in [0.5, 0.6) is 0 Å². The number of nitrogens with zero attached hydrogens (tertiary/aromatic N) is 3. The van der Waals surface area contributed by atoms with Gasteiger partial charge in [0.05, 0.1) is 12.8 Å². The zero-order valence-electron chi connectivity index (χ0n) is 21.5. The van der Waals surface area contributed by atoms with Gasteiger partial charge in [0.1, 0.15) is 0 Å². The van der Waals surface area contributed by atoms with E-state index in [9.17, 15) is 9.59 Å². The molecule has 1 aliphatic carbocycles. The Morgan fingerprint density at radius 1 is 1.08 bits per heavy atom. The van der Waals surface area contributed by atoms with Crippen LogP contribution in [0.3, 0.4) is 0 Å². The first-order valence-electron chi connectivity index (χ1n) is 13.2. The minimum Gasteiger partial charge on any atom is -0.466 e. The maximum Gasteiger partial charge on any atom is 0.306 e. The van der Waals surface area contributed by atoms with Gasteiger partial charge in [-0.25, -0.2) is 0 Å². The van der Waals surface area contributed by atoms with Crippen LogP contribution in [0.15, 0.2) is 47.6 Å². The quantitative estimate of drug-likeness (QED) is 0.321. The first-order valence-corrected chi connectivity index (χ1v) is 13.2. The van der Waals surface area contributed by atoms with Crippen LogP contribution in [0.2, 0.25) is 0 Å². The monoisotopic (exact) mass is 490 g/mol. The molecule has 7 heteroatoms. The lowest BCUT2D eigenvalue weighted by atomic mass is 9.82. The Morgan fingerprint density at radius 2 is 1.86 bits per heavy atom. The van der Waals surface area contributed by atoms with Crippen molar-refractivity contribution in [2.24, 2.45) is 11.0 Å². The highest BCUT2D eigenvalue weighted by Crippen LogP contribution is 2.30.